The molecular formula is C19H22N2O. The van der Waals surface area contributed by atoms with Crippen LogP contribution in [-0.4, -0.2) is 26.0 Å². The SMILES string of the molecule is CN(C(=O)CCN1CCCc2ccccc21)c1ccccc1. The fourth-order valence-corrected chi connectivity index (χ4v) is 3.04. The molecule has 0 aromatic heterocycles. The van der Waals surface area contributed by atoms with Crippen molar-refractivity contribution in [3.63, 3.8) is 0 Å². The summed E-state index contributed by atoms with van der Waals surface area (Å²) in [7, 11) is 1.85. The number of carbonyl (C=O) groups is 1. The summed E-state index contributed by atoms with van der Waals surface area (Å²) in [5.74, 6) is 0.161. The van der Waals surface area contributed by atoms with Crippen molar-refractivity contribution in [2.24, 2.45) is 0 Å². The Kier molecular flexibility index (Phi) is 4.42. The average molecular weight is 294 g/mol. The van der Waals surface area contributed by atoms with Gasteiger partial charge in [0, 0.05) is 37.9 Å². The number of amides is 1. The second kappa shape index (κ2) is 6.65. The fourth-order valence-electron chi connectivity index (χ4n) is 3.04. The van der Waals surface area contributed by atoms with Gasteiger partial charge in [-0.1, -0.05) is 36.4 Å². The van der Waals surface area contributed by atoms with Gasteiger partial charge in [0.2, 0.25) is 5.91 Å². The molecule has 0 bridgehead atoms. The first kappa shape index (κ1) is 14.6. The lowest BCUT2D eigenvalue weighted by Crippen LogP contribution is -2.34. The minimum atomic E-state index is 0.161. The lowest BCUT2D eigenvalue weighted by atomic mass is 10.0. The Morgan fingerprint density at radius 2 is 1.82 bits per heavy atom. The number of benzene rings is 2. The molecule has 2 aromatic rings. The van der Waals surface area contributed by atoms with Crippen molar-refractivity contribution < 1.29 is 4.79 Å². The van der Waals surface area contributed by atoms with E-state index in [-0.39, 0.29) is 5.91 Å². The third-order valence-electron chi connectivity index (χ3n) is 4.32. The summed E-state index contributed by atoms with van der Waals surface area (Å²) in [5.41, 5.74) is 3.65. The molecule has 3 rings (SSSR count). The highest BCUT2D eigenvalue weighted by Crippen LogP contribution is 2.26. The van der Waals surface area contributed by atoms with E-state index in [9.17, 15) is 4.79 Å². The van der Waals surface area contributed by atoms with Crippen LogP contribution in [0.25, 0.3) is 0 Å². The molecule has 0 aliphatic carbocycles. The van der Waals surface area contributed by atoms with E-state index in [0.29, 0.717) is 6.42 Å². The van der Waals surface area contributed by atoms with Crippen molar-refractivity contribution in [3.05, 3.63) is 60.2 Å². The molecule has 0 spiro atoms. The van der Waals surface area contributed by atoms with Gasteiger partial charge in [-0.15, -0.1) is 0 Å². The van der Waals surface area contributed by atoms with Crippen LogP contribution < -0.4 is 9.80 Å². The van der Waals surface area contributed by atoms with Crippen LogP contribution in [-0.2, 0) is 11.2 Å². The van der Waals surface area contributed by atoms with E-state index in [2.05, 4.69) is 29.2 Å². The summed E-state index contributed by atoms with van der Waals surface area (Å²) in [6.45, 7) is 1.83. The smallest absolute Gasteiger partial charge is 0.228 e. The maximum atomic E-state index is 12.4. The largest absolute Gasteiger partial charge is 0.371 e. The molecule has 114 valence electrons. The Morgan fingerprint density at radius 1 is 1.09 bits per heavy atom. The Morgan fingerprint density at radius 3 is 2.64 bits per heavy atom. The number of aryl methyl sites for hydroxylation is 1. The molecule has 1 amide bonds. The second-order valence-corrected chi connectivity index (χ2v) is 5.76. The summed E-state index contributed by atoms with van der Waals surface area (Å²) in [5, 5.41) is 0. The number of rotatable bonds is 4. The molecule has 3 heteroatoms. The number of hydrogen-bond acceptors (Lipinski definition) is 2. The Hall–Kier alpha value is -2.29. The van der Waals surface area contributed by atoms with Gasteiger partial charge >= 0.3 is 0 Å². The Balaban J connectivity index is 1.62. The normalized spacial score (nSPS) is 13.6. The molecular weight excluding hydrogens is 272 g/mol. The minimum absolute atomic E-state index is 0.161. The van der Waals surface area contributed by atoms with Crippen LogP contribution in [0, 0.1) is 0 Å². The van der Waals surface area contributed by atoms with Crippen LogP contribution in [0.4, 0.5) is 11.4 Å². The van der Waals surface area contributed by atoms with Crippen LogP contribution >= 0.6 is 0 Å². The van der Waals surface area contributed by atoms with E-state index < -0.39 is 0 Å². The molecule has 0 radical (unpaired) electrons. The van der Waals surface area contributed by atoms with Crippen molar-refractivity contribution in [1.29, 1.82) is 0 Å². The number of fused-ring (bicyclic) bond motifs is 1. The molecule has 0 saturated heterocycles. The van der Waals surface area contributed by atoms with E-state index in [0.717, 1.165) is 25.2 Å². The van der Waals surface area contributed by atoms with Gasteiger partial charge in [-0.3, -0.25) is 4.79 Å². The summed E-state index contributed by atoms with van der Waals surface area (Å²) in [6, 6.07) is 18.3. The van der Waals surface area contributed by atoms with Gasteiger partial charge in [-0.05, 0) is 36.6 Å². The standard InChI is InChI=1S/C19H22N2O/c1-20(17-10-3-2-4-11-17)19(22)13-15-21-14-7-9-16-8-5-6-12-18(16)21/h2-6,8,10-12H,7,9,13-15H2,1H3. The van der Waals surface area contributed by atoms with Gasteiger partial charge in [0.1, 0.15) is 0 Å². The Labute approximate surface area is 132 Å². The van der Waals surface area contributed by atoms with Crippen LogP contribution in [0.15, 0.2) is 54.6 Å². The van der Waals surface area contributed by atoms with E-state index in [1.165, 1.54) is 17.7 Å². The van der Waals surface area contributed by atoms with Crippen molar-refractivity contribution >= 4 is 17.3 Å². The van der Waals surface area contributed by atoms with Gasteiger partial charge in [0.25, 0.3) is 0 Å². The molecule has 0 unspecified atom stereocenters. The van der Waals surface area contributed by atoms with Crippen molar-refractivity contribution in [2.75, 3.05) is 29.9 Å². The number of nitrogens with zero attached hydrogens (tertiary/aromatic N) is 2. The molecule has 0 fully saturated rings. The Bertz CT molecular complexity index is 639. The highest BCUT2D eigenvalue weighted by atomic mass is 16.2. The van der Waals surface area contributed by atoms with Gasteiger partial charge < -0.3 is 9.80 Å². The third kappa shape index (κ3) is 3.14. The highest BCUT2D eigenvalue weighted by molar-refractivity contribution is 5.93. The zero-order valence-electron chi connectivity index (χ0n) is 13.0. The summed E-state index contributed by atoms with van der Waals surface area (Å²) in [4.78, 5) is 16.5. The molecule has 0 N–H and O–H groups in total. The molecule has 2 aromatic carbocycles. The second-order valence-electron chi connectivity index (χ2n) is 5.76. The molecule has 1 aliphatic heterocycles. The van der Waals surface area contributed by atoms with Crippen LogP contribution in [0.5, 0.6) is 0 Å². The van der Waals surface area contributed by atoms with Gasteiger partial charge in [0.05, 0.1) is 0 Å². The number of carbonyl (C=O) groups excluding carboxylic acids is 1. The van der Waals surface area contributed by atoms with E-state index in [4.69, 9.17) is 0 Å². The molecule has 0 saturated carbocycles. The molecule has 0 atom stereocenters. The number of para-hydroxylation sites is 2. The summed E-state index contributed by atoms with van der Waals surface area (Å²) >= 11 is 0. The molecule has 1 aliphatic rings. The lowest BCUT2D eigenvalue weighted by Gasteiger charge is -2.31. The molecule has 22 heavy (non-hydrogen) atoms. The van der Waals surface area contributed by atoms with Gasteiger partial charge in [-0.25, -0.2) is 0 Å². The quantitative estimate of drug-likeness (QED) is 0.861. The van der Waals surface area contributed by atoms with Crippen molar-refractivity contribution in [3.8, 4) is 0 Å². The van der Waals surface area contributed by atoms with Crippen LogP contribution in [0.1, 0.15) is 18.4 Å². The first-order valence-electron chi connectivity index (χ1n) is 7.90. The zero-order valence-corrected chi connectivity index (χ0v) is 13.0. The average Bonchev–Trinajstić information content (AvgIpc) is 2.59. The van der Waals surface area contributed by atoms with Gasteiger partial charge in [0.15, 0.2) is 0 Å². The van der Waals surface area contributed by atoms with E-state index >= 15 is 0 Å². The maximum Gasteiger partial charge on any atom is 0.228 e. The van der Waals surface area contributed by atoms with Gasteiger partial charge in [-0.2, -0.15) is 0 Å². The predicted molar refractivity (Wildman–Crippen MR) is 91.4 cm³/mol. The predicted octanol–water partition coefficient (Wildman–Crippen LogP) is 3.49. The van der Waals surface area contributed by atoms with E-state index in [1.807, 2.05) is 37.4 Å². The minimum Gasteiger partial charge on any atom is -0.371 e. The van der Waals surface area contributed by atoms with Crippen LogP contribution in [0.2, 0.25) is 0 Å². The zero-order chi connectivity index (χ0) is 15.4. The van der Waals surface area contributed by atoms with Crippen molar-refractivity contribution in [1.82, 2.24) is 0 Å². The topological polar surface area (TPSA) is 23.6 Å². The molecule has 1 heterocycles. The lowest BCUT2D eigenvalue weighted by molar-refractivity contribution is -0.118. The number of hydrogen-bond donors (Lipinski definition) is 0. The molecule has 3 nitrogen and oxygen atoms in total. The first-order valence-corrected chi connectivity index (χ1v) is 7.90. The van der Waals surface area contributed by atoms with E-state index in [1.54, 1.807) is 4.90 Å². The summed E-state index contributed by atoms with van der Waals surface area (Å²) < 4.78 is 0. The monoisotopic (exact) mass is 294 g/mol. The summed E-state index contributed by atoms with van der Waals surface area (Å²) in [6.07, 6.45) is 2.85. The maximum absolute atomic E-state index is 12.4. The fraction of sp³-hybridized carbons (Fsp3) is 0.316. The van der Waals surface area contributed by atoms with Crippen molar-refractivity contribution in [2.45, 2.75) is 19.3 Å². The third-order valence-corrected chi connectivity index (χ3v) is 4.32. The number of anilines is 2. The highest BCUT2D eigenvalue weighted by Gasteiger charge is 2.18. The van der Waals surface area contributed by atoms with Crippen LogP contribution in [0.3, 0.4) is 0 Å². The first-order chi connectivity index (χ1) is 10.8.